The summed E-state index contributed by atoms with van der Waals surface area (Å²) in [6, 6.07) is 10.9. The number of hydrogen-bond acceptors (Lipinski definition) is 8. The Hall–Kier alpha value is -4.31. The number of carbonyl (C=O) groups excluding carboxylic acids is 1. The van der Waals surface area contributed by atoms with E-state index in [1.807, 2.05) is 6.07 Å². The summed E-state index contributed by atoms with van der Waals surface area (Å²) in [6.07, 6.45) is 4.38. The van der Waals surface area contributed by atoms with Crippen molar-refractivity contribution in [3.63, 3.8) is 0 Å². The molecule has 0 atom stereocenters. The number of aliphatic hydroxyl groups is 1. The molecule has 1 fully saturated rings. The van der Waals surface area contributed by atoms with Crippen molar-refractivity contribution in [2.24, 2.45) is 0 Å². The third kappa shape index (κ3) is 4.63. The van der Waals surface area contributed by atoms with E-state index in [0.29, 0.717) is 35.2 Å². The molecule has 3 N–H and O–H groups in total. The zero-order valence-corrected chi connectivity index (χ0v) is 19.5. The SMILES string of the molecule is COC(=O)c1ccc(-c2cc(Nc3ccc(N4CCC(O)CC4)cn3)c3c(=O)[nH]ccc3n2)c(F)c1. The Bertz CT molecular complexity index is 1480. The van der Waals surface area contributed by atoms with E-state index in [2.05, 4.69) is 29.9 Å². The molecule has 36 heavy (non-hydrogen) atoms. The molecule has 0 bridgehead atoms. The number of piperidine rings is 1. The van der Waals surface area contributed by atoms with Crippen LogP contribution < -0.4 is 15.8 Å². The first-order valence-electron chi connectivity index (χ1n) is 11.5. The van der Waals surface area contributed by atoms with Gasteiger partial charge in [-0.1, -0.05) is 0 Å². The lowest BCUT2D eigenvalue weighted by atomic mass is 10.1. The van der Waals surface area contributed by atoms with Gasteiger partial charge in [-0.3, -0.25) is 4.79 Å². The first-order chi connectivity index (χ1) is 17.4. The second kappa shape index (κ2) is 9.74. The fourth-order valence-electron chi connectivity index (χ4n) is 4.31. The average Bonchev–Trinajstić information content (AvgIpc) is 2.89. The normalized spacial score (nSPS) is 14.1. The number of pyridine rings is 3. The third-order valence-corrected chi connectivity index (χ3v) is 6.24. The molecule has 0 saturated carbocycles. The number of H-pyrrole nitrogens is 1. The number of aromatic nitrogens is 3. The van der Waals surface area contributed by atoms with Crippen molar-refractivity contribution in [1.82, 2.24) is 15.0 Å². The molecule has 10 heteroatoms. The number of halogens is 1. The van der Waals surface area contributed by atoms with Crippen LogP contribution in [-0.2, 0) is 4.74 Å². The van der Waals surface area contributed by atoms with Gasteiger partial charge in [-0.15, -0.1) is 0 Å². The predicted octanol–water partition coefficient (Wildman–Crippen LogP) is 3.62. The van der Waals surface area contributed by atoms with Crippen LogP contribution in [-0.4, -0.2) is 52.3 Å². The number of ether oxygens (including phenoxy) is 1. The Balaban J connectivity index is 1.50. The van der Waals surface area contributed by atoms with E-state index in [4.69, 9.17) is 0 Å². The number of hydrogen-bond donors (Lipinski definition) is 3. The number of anilines is 3. The van der Waals surface area contributed by atoms with Gasteiger partial charge in [-0.05, 0) is 55.3 Å². The molecule has 9 nitrogen and oxygen atoms in total. The maximum absolute atomic E-state index is 14.9. The maximum atomic E-state index is 14.9. The van der Waals surface area contributed by atoms with Crippen LogP contribution >= 0.6 is 0 Å². The Labute approximate surface area is 205 Å². The highest BCUT2D eigenvalue weighted by atomic mass is 19.1. The third-order valence-electron chi connectivity index (χ3n) is 6.24. The molecule has 3 aromatic heterocycles. The van der Waals surface area contributed by atoms with Gasteiger partial charge in [0.1, 0.15) is 11.6 Å². The summed E-state index contributed by atoms with van der Waals surface area (Å²) in [5.74, 6) is -0.787. The van der Waals surface area contributed by atoms with E-state index in [9.17, 15) is 19.1 Å². The fourth-order valence-corrected chi connectivity index (χ4v) is 4.31. The molecule has 1 aliphatic rings. The van der Waals surface area contributed by atoms with Crippen LogP contribution in [0.4, 0.5) is 21.6 Å². The largest absolute Gasteiger partial charge is 0.465 e. The van der Waals surface area contributed by atoms with Crippen molar-refractivity contribution < 1.29 is 19.0 Å². The van der Waals surface area contributed by atoms with E-state index in [1.165, 1.54) is 25.4 Å². The lowest BCUT2D eigenvalue weighted by Gasteiger charge is -2.31. The lowest BCUT2D eigenvalue weighted by Crippen LogP contribution is -2.35. The van der Waals surface area contributed by atoms with Crippen molar-refractivity contribution in [3.05, 3.63) is 76.6 Å². The number of fused-ring (bicyclic) bond motifs is 1. The Morgan fingerprint density at radius 2 is 2.00 bits per heavy atom. The highest BCUT2D eigenvalue weighted by Crippen LogP contribution is 2.30. The van der Waals surface area contributed by atoms with Gasteiger partial charge in [0.15, 0.2) is 0 Å². The van der Waals surface area contributed by atoms with Crippen molar-refractivity contribution in [3.8, 4) is 11.3 Å². The molecule has 0 radical (unpaired) electrons. The minimum Gasteiger partial charge on any atom is -0.465 e. The Kier molecular flexibility index (Phi) is 6.34. The predicted molar refractivity (Wildman–Crippen MR) is 134 cm³/mol. The van der Waals surface area contributed by atoms with Crippen molar-refractivity contribution in [1.29, 1.82) is 0 Å². The summed E-state index contributed by atoms with van der Waals surface area (Å²) in [5, 5.41) is 13.2. The van der Waals surface area contributed by atoms with Crippen LogP contribution in [0, 0.1) is 5.82 Å². The molecule has 184 valence electrons. The summed E-state index contributed by atoms with van der Waals surface area (Å²) < 4.78 is 19.6. The van der Waals surface area contributed by atoms with Crippen molar-refractivity contribution in [2.45, 2.75) is 18.9 Å². The number of benzene rings is 1. The number of esters is 1. The van der Waals surface area contributed by atoms with Gasteiger partial charge in [0.2, 0.25) is 0 Å². The second-order valence-corrected chi connectivity index (χ2v) is 8.55. The fraction of sp³-hybridized carbons (Fsp3) is 0.231. The minimum atomic E-state index is -0.644. The minimum absolute atomic E-state index is 0.0850. The zero-order valence-electron chi connectivity index (χ0n) is 19.5. The van der Waals surface area contributed by atoms with Crippen LogP contribution in [0.1, 0.15) is 23.2 Å². The standard InChI is InChI=1S/C26H24FN5O4/c1-36-26(35)15-2-4-18(19(27)12-15)21-13-22(24-20(30-21)6-9-28-25(24)34)31-23-5-3-16(14-29-23)32-10-7-17(33)8-11-32/h2-6,9,12-14,17,33H,7-8,10-11H2,1H3,(H,28,34)(H,29,30,31). The lowest BCUT2D eigenvalue weighted by molar-refractivity contribution is 0.0600. The van der Waals surface area contributed by atoms with E-state index in [0.717, 1.165) is 24.8 Å². The highest BCUT2D eigenvalue weighted by molar-refractivity contribution is 5.95. The maximum Gasteiger partial charge on any atom is 0.337 e. The van der Waals surface area contributed by atoms with Gasteiger partial charge < -0.3 is 25.0 Å². The van der Waals surface area contributed by atoms with Crippen LogP contribution in [0.2, 0.25) is 0 Å². The topological polar surface area (TPSA) is 120 Å². The number of nitrogens with one attached hydrogen (secondary N) is 2. The van der Waals surface area contributed by atoms with Gasteiger partial charge in [0.05, 0.1) is 52.9 Å². The molecule has 4 aromatic rings. The Morgan fingerprint density at radius 3 is 2.69 bits per heavy atom. The van der Waals surface area contributed by atoms with E-state index in [1.54, 1.807) is 24.4 Å². The molecule has 0 unspecified atom stereocenters. The monoisotopic (exact) mass is 489 g/mol. The van der Waals surface area contributed by atoms with Crippen molar-refractivity contribution >= 4 is 34.1 Å². The van der Waals surface area contributed by atoms with Crippen LogP contribution in [0.25, 0.3) is 22.2 Å². The molecular formula is C26H24FN5O4. The number of nitrogens with zero attached hydrogens (tertiary/aromatic N) is 3. The summed E-state index contributed by atoms with van der Waals surface area (Å²) in [5.41, 5.74) is 1.92. The number of aromatic amines is 1. The van der Waals surface area contributed by atoms with Crippen LogP contribution in [0.3, 0.4) is 0 Å². The molecule has 5 rings (SSSR count). The molecule has 1 aromatic carbocycles. The Morgan fingerprint density at radius 1 is 1.19 bits per heavy atom. The molecule has 0 amide bonds. The smallest absolute Gasteiger partial charge is 0.337 e. The molecule has 1 saturated heterocycles. The van der Waals surface area contributed by atoms with Gasteiger partial charge in [0, 0.05) is 24.8 Å². The van der Waals surface area contributed by atoms with Crippen molar-refractivity contribution in [2.75, 3.05) is 30.4 Å². The summed E-state index contributed by atoms with van der Waals surface area (Å²) >= 11 is 0. The van der Waals surface area contributed by atoms with Gasteiger partial charge >= 0.3 is 5.97 Å². The second-order valence-electron chi connectivity index (χ2n) is 8.55. The number of rotatable bonds is 5. The van der Waals surface area contributed by atoms with Gasteiger partial charge in [0.25, 0.3) is 5.56 Å². The summed E-state index contributed by atoms with van der Waals surface area (Å²) in [4.78, 5) is 38.2. The van der Waals surface area contributed by atoms with Gasteiger partial charge in [-0.25, -0.2) is 19.2 Å². The van der Waals surface area contributed by atoms with E-state index >= 15 is 0 Å². The molecule has 4 heterocycles. The first-order valence-corrected chi connectivity index (χ1v) is 11.5. The average molecular weight is 490 g/mol. The zero-order chi connectivity index (χ0) is 25.2. The van der Waals surface area contributed by atoms with Crippen LogP contribution in [0.15, 0.2) is 59.7 Å². The number of methoxy groups -OCH3 is 1. The molecule has 0 spiro atoms. The molecule has 1 aliphatic heterocycles. The van der Waals surface area contributed by atoms with E-state index in [-0.39, 0.29) is 28.5 Å². The summed E-state index contributed by atoms with van der Waals surface area (Å²) in [7, 11) is 1.23. The van der Waals surface area contributed by atoms with E-state index < -0.39 is 11.8 Å². The quantitative estimate of drug-likeness (QED) is 0.364. The summed E-state index contributed by atoms with van der Waals surface area (Å²) in [6.45, 7) is 1.51. The number of aliphatic hydroxyl groups excluding tert-OH is 1. The molecule has 0 aliphatic carbocycles. The highest BCUT2D eigenvalue weighted by Gasteiger charge is 2.18. The van der Waals surface area contributed by atoms with Gasteiger partial charge in [-0.2, -0.15) is 0 Å². The first kappa shape index (κ1) is 23.4. The van der Waals surface area contributed by atoms with Crippen LogP contribution in [0.5, 0.6) is 0 Å². The number of carbonyl (C=O) groups is 1. The molecular weight excluding hydrogens is 465 g/mol.